The molecule has 3 heteroatoms. The molecule has 10 rings (SSSR count). The SMILES string of the molecule is c1ccc(-c2ccc(N(c3ccc4c(c3)sc3ccccc34)c3cccc4c5cccc6c7ccccc7n(c34)c65)cc2)cc1. The Hall–Kier alpha value is -5.64. The Morgan fingerprint density at radius 1 is 0.400 bits per heavy atom. The fourth-order valence-corrected chi connectivity index (χ4v) is 8.49. The van der Waals surface area contributed by atoms with E-state index in [0.29, 0.717) is 0 Å². The fourth-order valence-electron chi connectivity index (χ4n) is 7.35. The van der Waals surface area contributed by atoms with Crippen molar-refractivity contribution < 1.29 is 0 Å². The molecule has 0 atom stereocenters. The van der Waals surface area contributed by atoms with Crippen molar-refractivity contribution in [2.24, 2.45) is 0 Å². The van der Waals surface area contributed by atoms with Gasteiger partial charge in [-0.1, -0.05) is 115 Å². The molecule has 3 heterocycles. The van der Waals surface area contributed by atoms with E-state index in [4.69, 9.17) is 0 Å². The van der Waals surface area contributed by atoms with Crippen LogP contribution in [0, 0.1) is 0 Å². The summed E-state index contributed by atoms with van der Waals surface area (Å²) in [6.07, 6.45) is 0. The minimum absolute atomic E-state index is 1.13. The lowest BCUT2D eigenvalue weighted by molar-refractivity contribution is 1.27. The lowest BCUT2D eigenvalue weighted by Crippen LogP contribution is -2.11. The molecule has 10 aromatic rings. The van der Waals surface area contributed by atoms with Crippen LogP contribution in [0.5, 0.6) is 0 Å². The van der Waals surface area contributed by atoms with Crippen LogP contribution in [0.25, 0.3) is 69.4 Å². The van der Waals surface area contributed by atoms with Crippen LogP contribution in [0.15, 0.2) is 158 Å². The van der Waals surface area contributed by atoms with Gasteiger partial charge in [0.1, 0.15) is 0 Å². The Labute approximate surface area is 264 Å². The summed E-state index contributed by atoms with van der Waals surface area (Å²) < 4.78 is 5.11. The molecule has 2 nitrogen and oxygen atoms in total. The normalized spacial score (nSPS) is 12.0. The number of fused-ring (bicyclic) bond motifs is 9. The molecule has 0 unspecified atom stereocenters. The van der Waals surface area contributed by atoms with E-state index in [1.165, 1.54) is 75.1 Å². The fraction of sp³-hybridized carbons (Fsp3) is 0. The Kier molecular flexibility index (Phi) is 5.19. The molecule has 210 valence electrons. The standard InChI is InChI=1S/C42H26N2S/c1-2-10-27(11-3-1)28-20-22-29(23-21-28)43(30-24-25-33-32-13-5-7-19-39(32)45-40(33)26-30)38-18-9-16-36-35-15-8-14-34-31-12-4-6-17-37(31)44(41(34)35)42(36)38/h1-26H. The summed E-state index contributed by atoms with van der Waals surface area (Å²) in [4.78, 5) is 2.45. The molecule has 0 bridgehead atoms. The van der Waals surface area contributed by atoms with E-state index in [2.05, 4.69) is 167 Å². The molecule has 0 N–H and O–H groups in total. The predicted molar refractivity (Wildman–Crippen MR) is 194 cm³/mol. The van der Waals surface area contributed by atoms with Gasteiger partial charge in [-0.15, -0.1) is 11.3 Å². The largest absolute Gasteiger partial charge is 0.308 e. The molecule has 45 heavy (non-hydrogen) atoms. The summed E-state index contributed by atoms with van der Waals surface area (Å²) in [5, 5.41) is 7.78. The molecular weight excluding hydrogens is 565 g/mol. The number of aromatic nitrogens is 1. The summed E-state index contributed by atoms with van der Waals surface area (Å²) in [6, 6.07) is 57.6. The van der Waals surface area contributed by atoms with Crippen molar-refractivity contribution in [3.05, 3.63) is 158 Å². The average molecular weight is 591 g/mol. The maximum absolute atomic E-state index is 2.49. The van der Waals surface area contributed by atoms with Crippen LogP contribution < -0.4 is 4.90 Å². The smallest absolute Gasteiger partial charge is 0.0782 e. The van der Waals surface area contributed by atoms with Gasteiger partial charge in [0.15, 0.2) is 0 Å². The Bertz CT molecular complexity index is 2700. The van der Waals surface area contributed by atoms with Crippen molar-refractivity contribution in [3.8, 4) is 11.1 Å². The first-order chi connectivity index (χ1) is 22.3. The van der Waals surface area contributed by atoms with Crippen LogP contribution >= 0.6 is 11.3 Å². The molecule has 0 saturated heterocycles. The van der Waals surface area contributed by atoms with Crippen molar-refractivity contribution in [1.29, 1.82) is 0 Å². The van der Waals surface area contributed by atoms with Crippen molar-refractivity contribution in [1.82, 2.24) is 4.40 Å². The first-order valence-corrected chi connectivity index (χ1v) is 16.2. The van der Waals surface area contributed by atoms with Gasteiger partial charge in [0, 0.05) is 53.1 Å². The molecule has 0 aliphatic heterocycles. The Morgan fingerprint density at radius 2 is 1.00 bits per heavy atom. The summed E-state index contributed by atoms with van der Waals surface area (Å²) in [5.74, 6) is 0. The Balaban J connectivity index is 1.28. The van der Waals surface area contributed by atoms with Gasteiger partial charge in [-0.3, -0.25) is 0 Å². The summed E-state index contributed by atoms with van der Waals surface area (Å²) in [5.41, 5.74) is 9.65. The van der Waals surface area contributed by atoms with Crippen LogP contribution in [-0.2, 0) is 0 Å². The zero-order valence-corrected chi connectivity index (χ0v) is 25.1. The number of anilines is 3. The maximum Gasteiger partial charge on any atom is 0.0782 e. The third kappa shape index (κ3) is 3.56. The number of hydrogen-bond donors (Lipinski definition) is 0. The second-order valence-corrected chi connectivity index (χ2v) is 12.8. The summed E-state index contributed by atoms with van der Waals surface area (Å²) in [7, 11) is 0. The van der Waals surface area contributed by atoms with Gasteiger partial charge in [0.2, 0.25) is 0 Å². The summed E-state index contributed by atoms with van der Waals surface area (Å²) >= 11 is 1.87. The van der Waals surface area contributed by atoms with Gasteiger partial charge < -0.3 is 9.30 Å². The molecule has 0 radical (unpaired) electrons. The Morgan fingerprint density at radius 3 is 1.84 bits per heavy atom. The van der Waals surface area contributed by atoms with Crippen LogP contribution in [0.1, 0.15) is 0 Å². The molecule has 7 aromatic carbocycles. The van der Waals surface area contributed by atoms with Crippen LogP contribution in [0.2, 0.25) is 0 Å². The number of thiophene rings is 1. The molecule has 0 amide bonds. The molecule has 0 fully saturated rings. The van der Waals surface area contributed by atoms with Crippen LogP contribution in [0.3, 0.4) is 0 Å². The molecule has 0 spiro atoms. The van der Waals surface area contributed by atoms with Gasteiger partial charge in [-0.2, -0.15) is 0 Å². The van der Waals surface area contributed by atoms with Crippen molar-refractivity contribution in [2.75, 3.05) is 4.90 Å². The zero-order valence-electron chi connectivity index (χ0n) is 24.3. The second kappa shape index (κ2) is 9.43. The highest BCUT2D eigenvalue weighted by Gasteiger charge is 2.23. The van der Waals surface area contributed by atoms with Gasteiger partial charge in [-0.05, 0) is 53.6 Å². The number of nitrogens with zero attached hydrogens (tertiary/aromatic N) is 2. The van der Waals surface area contributed by atoms with Crippen LogP contribution in [0.4, 0.5) is 17.1 Å². The van der Waals surface area contributed by atoms with E-state index in [0.717, 1.165) is 11.4 Å². The minimum Gasteiger partial charge on any atom is -0.308 e. The molecule has 0 aliphatic carbocycles. The van der Waals surface area contributed by atoms with Gasteiger partial charge in [0.25, 0.3) is 0 Å². The van der Waals surface area contributed by atoms with Gasteiger partial charge in [0.05, 0.1) is 22.2 Å². The lowest BCUT2D eigenvalue weighted by Gasteiger charge is -2.27. The number of hydrogen-bond acceptors (Lipinski definition) is 2. The lowest BCUT2D eigenvalue weighted by atomic mass is 10.0. The highest BCUT2D eigenvalue weighted by Crippen LogP contribution is 2.47. The first-order valence-electron chi connectivity index (χ1n) is 15.4. The van der Waals surface area contributed by atoms with E-state index in [9.17, 15) is 0 Å². The third-order valence-corrected chi connectivity index (χ3v) is 10.5. The topological polar surface area (TPSA) is 7.65 Å². The van der Waals surface area contributed by atoms with E-state index < -0.39 is 0 Å². The van der Waals surface area contributed by atoms with E-state index in [-0.39, 0.29) is 0 Å². The van der Waals surface area contributed by atoms with Crippen molar-refractivity contribution in [2.45, 2.75) is 0 Å². The van der Waals surface area contributed by atoms with E-state index in [1.54, 1.807) is 0 Å². The van der Waals surface area contributed by atoms with Gasteiger partial charge in [-0.25, -0.2) is 0 Å². The van der Waals surface area contributed by atoms with Crippen molar-refractivity contribution in [3.63, 3.8) is 0 Å². The van der Waals surface area contributed by atoms with E-state index >= 15 is 0 Å². The molecule has 3 aromatic heterocycles. The molecule has 0 aliphatic rings. The minimum atomic E-state index is 1.13. The quantitative estimate of drug-likeness (QED) is 0.198. The highest BCUT2D eigenvalue weighted by atomic mass is 32.1. The monoisotopic (exact) mass is 590 g/mol. The first kappa shape index (κ1) is 24.8. The number of benzene rings is 7. The third-order valence-electron chi connectivity index (χ3n) is 9.32. The van der Waals surface area contributed by atoms with Gasteiger partial charge >= 0.3 is 0 Å². The van der Waals surface area contributed by atoms with Crippen LogP contribution in [-0.4, -0.2) is 4.40 Å². The average Bonchev–Trinajstić information content (AvgIpc) is 3.76. The summed E-state index contributed by atoms with van der Waals surface area (Å²) in [6.45, 7) is 0. The highest BCUT2D eigenvalue weighted by molar-refractivity contribution is 7.25. The molecule has 0 saturated carbocycles. The number of rotatable bonds is 4. The molecular formula is C42H26N2S. The van der Waals surface area contributed by atoms with Crippen molar-refractivity contribution >= 4 is 86.7 Å². The van der Waals surface area contributed by atoms with E-state index in [1.807, 2.05) is 11.3 Å². The number of para-hydroxylation sites is 3. The predicted octanol–water partition coefficient (Wildman–Crippen LogP) is 12.3. The second-order valence-electron chi connectivity index (χ2n) is 11.8. The maximum atomic E-state index is 2.49. The zero-order chi connectivity index (χ0) is 29.5.